The number of amides is 1. The minimum Gasteiger partial charge on any atom is -0.497 e. The minimum atomic E-state index is -3.78. The number of benzene rings is 2. The fourth-order valence-electron chi connectivity index (χ4n) is 4.90. The van der Waals surface area contributed by atoms with Crippen molar-refractivity contribution in [2.24, 2.45) is 0 Å². The first-order chi connectivity index (χ1) is 18.2. The van der Waals surface area contributed by atoms with Gasteiger partial charge < -0.3 is 14.5 Å². The number of hydrogen-bond donors (Lipinski definition) is 1. The number of sulfonamides is 1. The van der Waals surface area contributed by atoms with Gasteiger partial charge in [0.05, 0.1) is 24.1 Å². The zero-order chi connectivity index (χ0) is 27.3. The summed E-state index contributed by atoms with van der Waals surface area (Å²) in [5, 5.41) is 2.91. The zero-order valence-electron chi connectivity index (χ0n) is 22.6. The molecule has 0 atom stereocenters. The molecule has 1 saturated heterocycles. The highest BCUT2D eigenvalue weighted by Crippen LogP contribution is 2.28. The van der Waals surface area contributed by atoms with Crippen molar-refractivity contribution in [1.82, 2.24) is 14.5 Å². The molecule has 0 saturated carbocycles. The van der Waals surface area contributed by atoms with E-state index in [1.807, 2.05) is 12.1 Å². The van der Waals surface area contributed by atoms with Crippen molar-refractivity contribution >= 4 is 15.9 Å². The number of likely N-dealkylation sites (tertiary alicyclic amines) is 1. The number of piperidine rings is 1. The normalized spacial score (nSPS) is 14.6. The maximum Gasteiger partial charge on any atom is 0.254 e. The number of methoxy groups -OCH3 is 1. The van der Waals surface area contributed by atoms with E-state index in [2.05, 4.69) is 22.3 Å². The lowest BCUT2D eigenvalue weighted by molar-refractivity contribution is 0.0950. The Morgan fingerprint density at radius 3 is 2.29 bits per heavy atom. The number of nitrogens with zero attached hydrogens (tertiary/aromatic N) is 2. The van der Waals surface area contributed by atoms with Crippen LogP contribution in [0.5, 0.6) is 5.75 Å². The van der Waals surface area contributed by atoms with Gasteiger partial charge in [0.1, 0.15) is 17.8 Å². The highest BCUT2D eigenvalue weighted by molar-refractivity contribution is 7.89. The quantitative estimate of drug-likeness (QED) is 0.404. The molecule has 0 unspecified atom stereocenters. The summed E-state index contributed by atoms with van der Waals surface area (Å²) in [6.07, 6.45) is 5.23. The van der Waals surface area contributed by atoms with Crippen LogP contribution in [0.2, 0.25) is 0 Å². The van der Waals surface area contributed by atoms with Crippen LogP contribution in [0.3, 0.4) is 0 Å². The van der Waals surface area contributed by atoms with Gasteiger partial charge in [0.25, 0.3) is 5.91 Å². The third-order valence-electron chi connectivity index (χ3n) is 6.96. The fraction of sp³-hybridized carbons (Fsp3) is 0.414. The molecular weight excluding hydrogens is 502 g/mol. The summed E-state index contributed by atoms with van der Waals surface area (Å²) in [4.78, 5) is 15.4. The lowest BCUT2D eigenvalue weighted by atomic mass is 10.1. The summed E-state index contributed by atoms with van der Waals surface area (Å²) >= 11 is 0. The van der Waals surface area contributed by atoms with E-state index in [1.165, 1.54) is 42.4 Å². The lowest BCUT2D eigenvalue weighted by Crippen LogP contribution is -2.29. The van der Waals surface area contributed by atoms with Crippen LogP contribution < -0.4 is 10.1 Å². The van der Waals surface area contributed by atoms with E-state index in [9.17, 15) is 13.2 Å². The molecule has 1 N–H and O–H groups in total. The van der Waals surface area contributed by atoms with Gasteiger partial charge in [-0.25, -0.2) is 8.42 Å². The van der Waals surface area contributed by atoms with E-state index in [0.717, 1.165) is 25.2 Å². The minimum absolute atomic E-state index is 0.000990. The molecule has 0 spiro atoms. The van der Waals surface area contributed by atoms with Gasteiger partial charge in [-0.05, 0) is 80.2 Å². The molecule has 1 aliphatic heterocycles. The van der Waals surface area contributed by atoms with Crippen LogP contribution in [0.4, 0.5) is 0 Å². The third kappa shape index (κ3) is 6.64. The molecule has 2 heterocycles. The standard InChI is InChI=1S/C29H37N3O5S/c1-21-14-26(36-4)15-22(2)28(21)38(34,35)31(3)19-27-16-25(20-37-27)29(33)30-17-23-8-10-24(11-9-23)18-32-12-6-5-7-13-32/h8-11,14-16,20H,5-7,12-13,17-19H2,1-4H3,(H,30,33). The average Bonchev–Trinajstić information content (AvgIpc) is 3.36. The van der Waals surface area contributed by atoms with Crippen molar-refractivity contribution < 1.29 is 22.4 Å². The lowest BCUT2D eigenvalue weighted by Gasteiger charge is -2.26. The highest BCUT2D eigenvalue weighted by Gasteiger charge is 2.26. The first kappa shape index (κ1) is 27.9. The Morgan fingerprint density at radius 1 is 1.03 bits per heavy atom. The molecule has 4 rings (SSSR count). The maximum absolute atomic E-state index is 13.3. The number of rotatable bonds is 10. The van der Waals surface area contributed by atoms with Gasteiger partial charge in [0.15, 0.2) is 0 Å². The highest BCUT2D eigenvalue weighted by atomic mass is 32.2. The topological polar surface area (TPSA) is 92.1 Å². The fourth-order valence-corrected chi connectivity index (χ4v) is 6.44. The van der Waals surface area contributed by atoms with Crippen molar-refractivity contribution in [3.63, 3.8) is 0 Å². The summed E-state index contributed by atoms with van der Waals surface area (Å²) < 4.78 is 38.5. The Kier molecular flexibility index (Phi) is 8.91. The van der Waals surface area contributed by atoms with E-state index >= 15 is 0 Å². The van der Waals surface area contributed by atoms with Gasteiger partial charge >= 0.3 is 0 Å². The molecule has 2 aromatic carbocycles. The largest absolute Gasteiger partial charge is 0.497 e. The molecule has 38 heavy (non-hydrogen) atoms. The number of ether oxygens (including phenoxy) is 1. The van der Waals surface area contributed by atoms with Crippen LogP contribution >= 0.6 is 0 Å². The summed E-state index contributed by atoms with van der Waals surface area (Å²) in [5.74, 6) is 0.716. The predicted octanol–water partition coefficient (Wildman–Crippen LogP) is 4.64. The second-order valence-corrected chi connectivity index (χ2v) is 12.0. The Labute approximate surface area is 225 Å². The monoisotopic (exact) mass is 539 g/mol. The zero-order valence-corrected chi connectivity index (χ0v) is 23.4. The molecule has 0 radical (unpaired) electrons. The van der Waals surface area contributed by atoms with E-state index in [0.29, 0.717) is 34.7 Å². The van der Waals surface area contributed by atoms with Crippen molar-refractivity contribution in [3.8, 4) is 5.75 Å². The van der Waals surface area contributed by atoms with Crippen LogP contribution in [0.25, 0.3) is 0 Å². The van der Waals surface area contributed by atoms with Crippen molar-refractivity contribution in [3.05, 3.63) is 82.3 Å². The molecule has 8 nitrogen and oxygen atoms in total. The molecule has 0 aliphatic carbocycles. The number of carbonyl (C=O) groups is 1. The summed E-state index contributed by atoms with van der Waals surface area (Å²) in [7, 11) is -0.736. The molecule has 3 aromatic rings. The molecule has 204 valence electrons. The number of hydrogen-bond acceptors (Lipinski definition) is 6. The van der Waals surface area contributed by atoms with Crippen molar-refractivity contribution in [1.29, 1.82) is 0 Å². The maximum atomic E-state index is 13.3. The van der Waals surface area contributed by atoms with Gasteiger partial charge in [0, 0.05) is 20.1 Å². The van der Waals surface area contributed by atoms with E-state index < -0.39 is 10.0 Å². The molecule has 1 amide bonds. The molecule has 1 fully saturated rings. The first-order valence-corrected chi connectivity index (χ1v) is 14.4. The smallest absolute Gasteiger partial charge is 0.254 e. The number of carbonyl (C=O) groups excluding carboxylic acids is 1. The second-order valence-electron chi connectivity index (χ2n) is 9.99. The summed E-state index contributed by atoms with van der Waals surface area (Å²) in [6.45, 7) is 7.17. The van der Waals surface area contributed by atoms with Crippen molar-refractivity contribution in [2.45, 2.75) is 57.6 Å². The Bertz CT molecular complexity index is 1340. The summed E-state index contributed by atoms with van der Waals surface area (Å²) in [5.41, 5.74) is 3.85. The van der Waals surface area contributed by atoms with Crippen LogP contribution in [0.1, 0.15) is 57.6 Å². The number of aryl methyl sites for hydroxylation is 2. The molecule has 1 aliphatic rings. The van der Waals surface area contributed by atoms with E-state index in [1.54, 1.807) is 39.2 Å². The van der Waals surface area contributed by atoms with Crippen LogP contribution in [0, 0.1) is 13.8 Å². The van der Waals surface area contributed by atoms with Crippen LogP contribution in [-0.4, -0.2) is 50.8 Å². The van der Waals surface area contributed by atoms with Gasteiger partial charge in [-0.1, -0.05) is 30.7 Å². The Balaban J connectivity index is 1.33. The van der Waals surface area contributed by atoms with Gasteiger partial charge in [0.2, 0.25) is 10.0 Å². The van der Waals surface area contributed by atoms with Gasteiger partial charge in [-0.15, -0.1) is 0 Å². The number of nitrogens with one attached hydrogen (secondary N) is 1. The van der Waals surface area contributed by atoms with Crippen LogP contribution in [-0.2, 0) is 29.7 Å². The summed E-state index contributed by atoms with van der Waals surface area (Å²) in [6, 6.07) is 13.3. The molecule has 1 aromatic heterocycles. The van der Waals surface area contributed by atoms with E-state index in [4.69, 9.17) is 9.15 Å². The first-order valence-electron chi connectivity index (χ1n) is 12.9. The average molecular weight is 540 g/mol. The van der Waals surface area contributed by atoms with Crippen molar-refractivity contribution in [2.75, 3.05) is 27.2 Å². The predicted molar refractivity (Wildman–Crippen MR) is 147 cm³/mol. The Hall–Kier alpha value is -3.14. The van der Waals surface area contributed by atoms with Gasteiger partial charge in [-0.2, -0.15) is 4.31 Å². The second kappa shape index (κ2) is 12.1. The van der Waals surface area contributed by atoms with E-state index in [-0.39, 0.29) is 17.3 Å². The molecule has 9 heteroatoms. The number of furan rings is 1. The van der Waals surface area contributed by atoms with Crippen LogP contribution in [0.15, 0.2) is 58.0 Å². The third-order valence-corrected chi connectivity index (χ3v) is 9.07. The Morgan fingerprint density at radius 2 is 1.66 bits per heavy atom. The SMILES string of the molecule is COc1cc(C)c(S(=O)(=O)N(C)Cc2cc(C(=O)NCc3ccc(CN4CCCCC4)cc3)co2)c(C)c1. The molecule has 0 bridgehead atoms. The molecular formula is C29H37N3O5S. The van der Waals surface area contributed by atoms with Gasteiger partial charge in [-0.3, -0.25) is 9.69 Å².